The minimum atomic E-state index is -0.213. The van der Waals surface area contributed by atoms with Crippen LogP contribution in [0.3, 0.4) is 0 Å². The number of carbonyl (C=O) groups is 2. The maximum atomic E-state index is 14.3. The Hall–Kier alpha value is -4.54. The van der Waals surface area contributed by atoms with E-state index in [4.69, 9.17) is 15.6 Å². The molecule has 2 fully saturated rings. The summed E-state index contributed by atoms with van der Waals surface area (Å²) in [6, 6.07) is 20.3. The number of rotatable bonds is 8. The van der Waals surface area contributed by atoms with Crippen molar-refractivity contribution in [3.8, 4) is 11.1 Å². The SMILES string of the molecule is Cn1nc(C(C)(C)C)cc1C(=O)N(Cc1cccc(-c2ccc(N3CCOCC3)c(NC(=O)c3cccnc3)c2)c1)C1CCC(N)CC1. The third-order valence-electron chi connectivity index (χ3n) is 9.44. The zero-order valence-electron chi connectivity index (χ0n) is 28.5. The van der Waals surface area contributed by atoms with Gasteiger partial charge >= 0.3 is 0 Å². The summed E-state index contributed by atoms with van der Waals surface area (Å²) in [7, 11) is 1.85. The Balaban J connectivity index is 1.31. The Morgan fingerprint density at radius 2 is 1.73 bits per heavy atom. The van der Waals surface area contributed by atoms with Crippen LogP contribution < -0.4 is 16.0 Å². The number of morpholine rings is 1. The Morgan fingerprint density at radius 1 is 0.979 bits per heavy atom. The number of carbonyl (C=O) groups excluding carboxylic acids is 2. The van der Waals surface area contributed by atoms with Gasteiger partial charge in [0.05, 0.1) is 35.8 Å². The highest BCUT2D eigenvalue weighted by atomic mass is 16.5. The molecule has 252 valence electrons. The average Bonchev–Trinajstić information content (AvgIpc) is 3.50. The monoisotopic (exact) mass is 649 g/mol. The van der Waals surface area contributed by atoms with Gasteiger partial charge in [0.1, 0.15) is 5.69 Å². The molecule has 2 aliphatic rings. The van der Waals surface area contributed by atoms with Crippen LogP contribution in [-0.2, 0) is 23.7 Å². The number of nitrogens with zero attached hydrogens (tertiary/aromatic N) is 5. The van der Waals surface area contributed by atoms with Gasteiger partial charge in [-0.1, -0.05) is 45.0 Å². The van der Waals surface area contributed by atoms with Crippen LogP contribution in [0.2, 0.25) is 0 Å². The zero-order chi connectivity index (χ0) is 33.8. The van der Waals surface area contributed by atoms with Crippen LogP contribution in [0.1, 0.15) is 78.6 Å². The number of aryl methyl sites for hydroxylation is 1. The maximum Gasteiger partial charge on any atom is 0.272 e. The largest absolute Gasteiger partial charge is 0.378 e. The van der Waals surface area contributed by atoms with Crippen molar-refractivity contribution < 1.29 is 14.3 Å². The highest BCUT2D eigenvalue weighted by molar-refractivity contribution is 6.06. The summed E-state index contributed by atoms with van der Waals surface area (Å²) < 4.78 is 7.31. The van der Waals surface area contributed by atoms with Crippen LogP contribution in [0.5, 0.6) is 0 Å². The molecule has 1 saturated heterocycles. The first-order chi connectivity index (χ1) is 23.1. The minimum absolute atomic E-state index is 0.0124. The van der Waals surface area contributed by atoms with Gasteiger partial charge in [-0.2, -0.15) is 5.10 Å². The Kier molecular flexibility index (Phi) is 9.93. The van der Waals surface area contributed by atoms with Crippen molar-refractivity contribution in [1.82, 2.24) is 19.7 Å². The standard InChI is InChI=1S/C38H47N7O3/c1-38(2,3)35-23-34(43(4)42-35)37(47)45(31-13-11-30(39)12-14-31)25-26-7-5-8-27(21-26)28-10-15-33(44-17-19-48-20-18-44)32(22-28)41-36(46)29-9-6-16-40-24-29/h5-10,15-16,21-24,30-31H,11-14,17-20,25,39H2,1-4H3,(H,41,46). The van der Waals surface area contributed by atoms with Gasteiger partial charge in [-0.3, -0.25) is 19.3 Å². The van der Waals surface area contributed by atoms with Crippen molar-refractivity contribution in [3.63, 3.8) is 0 Å². The van der Waals surface area contributed by atoms with Crippen molar-refractivity contribution in [2.24, 2.45) is 12.8 Å². The first-order valence-corrected chi connectivity index (χ1v) is 17.0. The molecule has 0 spiro atoms. The predicted octanol–water partition coefficient (Wildman–Crippen LogP) is 5.78. The molecule has 10 nitrogen and oxygen atoms in total. The third kappa shape index (κ3) is 7.61. The second-order valence-corrected chi connectivity index (χ2v) is 14.0. The molecule has 10 heteroatoms. The van der Waals surface area contributed by atoms with E-state index in [1.54, 1.807) is 29.2 Å². The predicted molar refractivity (Wildman–Crippen MR) is 189 cm³/mol. The lowest BCUT2D eigenvalue weighted by molar-refractivity contribution is 0.0595. The van der Waals surface area contributed by atoms with E-state index in [0.717, 1.165) is 72.5 Å². The Morgan fingerprint density at radius 3 is 2.42 bits per heavy atom. The highest BCUT2D eigenvalue weighted by Crippen LogP contribution is 2.34. The van der Waals surface area contributed by atoms with E-state index in [0.29, 0.717) is 31.0 Å². The van der Waals surface area contributed by atoms with E-state index in [2.05, 4.69) is 66.3 Å². The molecule has 2 aromatic carbocycles. The van der Waals surface area contributed by atoms with Gasteiger partial charge in [0.2, 0.25) is 0 Å². The molecule has 4 aromatic rings. The molecule has 0 radical (unpaired) electrons. The van der Waals surface area contributed by atoms with E-state index in [-0.39, 0.29) is 29.3 Å². The van der Waals surface area contributed by atoms with E-state index >= 15 is 0 Å². The van der Waals surface area contributed by atoms with E-state index in [9.17, 15) is 9.59 Å². The van der Waals surface area contributed by atoms with Crippen LogP contribution in [0.25, 0.3) is 11.1 Å². The Labute approximate surface area is 283 Å². The summed E-state index contributed by atoms with van der Waals surface area (Å²) in [5, 5.41) is 7.84. The van der Waals surface area contributed by atoms with Gasteiger partial charge in [-0.05, 0) is 78.8 Å². The van der Waals surface area contributed by atoms with Crippen LogP contribution in [-0.4, -0.2) is 69.9 Å². The molecule has 1 saturated carbocycles. The van der Waals surface area contributed by atoms with Crippen LogP contribution in [0.4, 0.5) is 11.4 Å². The number of hydrogen-bond donors (Lipinski definition) is 2. The van der Waals surface area contributed by atoms with Gasteiger partial charge < -0.3 is 25.6 Å². The van der Waals surface area contributed by atoms with Crippen LogP contribution >= 0.6 is 0 Å². The minimum Gasteiger partial charge on any atom is -0.378 e. The van der Waals surface area contributed by atoms with E-state index in [1.807, 2.05) is 30.1 Å². The molecular formula is C38H47N7O3. The maximum absolute atomic E-state index is 14.3. The van der Waals surface area contributed by atoms with Gasteiger partial charge in [0.15, 0.2) is 0 Å². The number of anilines is 2. The quantitative estimate of drug-likeness (QED) is 0.248. The molecule has 48 heavy (non-hydrogen) atoms. The van der Waals surface area contributed by atoms with Crippen molar-refractivity contribution in [1.29, 1.82) is 0 Å². The number of nitrogens with one attached hydrogen (secondary N) is 1. The van der Waals surface area contributed by atoms with Crippen molar-refractivity contribution in [3.05, 3.63) is 95.6 Å². The van der Waals surface area contributed by atoms with Gasteiger partial charge in [0.25, 0.3) is 11.8 Å². The third-order valence-corrected chi connectivity index (χ3v) is 9.44. The van der Waals surface area contributed by atoms with Crippen molar-refractivity contribution in [2.45, 2.75) is 70.5 Å². The number of nitrogens with two attached hydrogens (primary N) is 1. The first kappa shape index (κ1) is 33.4. The fourth-order valence-electron chi connectivity index (χ4n) is 6.59. The average molecular weight is 650 g/mol. The van der Waals surface area contributed by atoms with Gasteiger partial charge in [-0.25, -0.2) is 0 Å². The Bertz CT molecular complexity index is 1730. The molecule has 0 atom stereocenters. The number of benzene rings is 2. The topological polar surface area (TPSA) is 119 Å². The van der Waals surface area contributed by atoms with Crippen LogP contribution in [0.15, 0.2) is 73.1 Å². The summed E-state index contributed by atoms with van der Waals surface area (Å²) in [6.45, 7) is 9.56. The lowest BCUT2D eigenvalue weighted by Crippen LogP contribution is -2.44. The number of amides is 2. The lowest BCUT2D eigenvalue weighted by atomic mass is 9.90. The number of ether oxygens (including phenoxy) is 1. The molecule has 1 aliphatic heterocycles. The molecule has 3 heterocycles. The summed E-state index contributed by atoms with van der Waals surface area (Å²) in [4.78, 5) is 35.9. The molecule has 1 aliphatic carbocycles. The number of hydrogen-bond acceptors (Lipinski definition) is 7. The molecule has 2 amide bonds. The first-order valence-electron chi connectivity index (χ1n) is 17.0. The summed E-state index contributed by atoms with van der Waals surface area (Å²) in [5.41, 5.74) is 12.8. The van der Waals surface area contributed by atoms with Crippen molar-refractivity contribution in [2.75, 3.05) is 36.5 Å². The molecule has 3 N–H and O–H groups in total. The number of aromatic nitrogens is 3. The summed E-state index contributed by atoms with van der Waals surface area (Å²) in [6.07, 6.45) is 6.77. The fourth-order valence-corrected chi connectivity index (χ4v) is 6.59. The second-order valence-electron chi connectivity index (χ2n) is 14.0. The zero-order valence-corrected chi connectivity index (χ0v) is 28.5. The smallest absolute Gasteiger partial charge is 0.272 e. The fraction of sp³-hybridized carbons (Fsp3) is 0.421. The normalized spacial score (nSPS) is 18.4. The van der Waals surface area contributed by atoms with Crippen molar-refractivity contribution >= 4 is 23.2 Å². The molecule has 0 unspecified atom stereocenters. The summed E-state index contributed by atoms with van der Waals surface area (Å²) >= 11 is 0. The van der Waals surface area contributed by atoms with E-state index in [1.165, 1.54) is 0 Å². The van der Waals surface area contributed by atoms with Crippen LogP contribution in [0, 0.1) is 0 Å². The second kappa shape index (κ2) is 14.3. The highest BCUT2D eigenvalue weighted by Gasteiger charge is 2.31. The van der Waals surface area contributed by atoms with Gasteiger partial charge in [-0.15, -0.1) is 0 Å². The molecular weight excluding hydrogens is 602 g/mol. The number of pyridine rings is 1. The van der Waals surface area contributed by atoms with E-state index < -0.39 is 0 Å². The summed E-state index contributed by atoms with van der Waals surface area (Å²) in [5.74, 6) is -0.226. The molecule has 0 bridgehead atoms. The molecule has 6 rings (SSSR count). The molecule has 2 aromatic heterocycles. The lowest BCUT2D eigenvalue weighted by Gasteiger charge is -2.36. The van der Waals surface area contributed by atoms with Gasteiger partial charge in [0, 0.05) is 56.6 Å².